The predicted molar refractivity (Wildman–Crippen MR) is 43.7 cm³/mol. The van der Waals surface area contributed by atoms with Gasteiger partial charge in [0.1, 0.15) is 6.61 Å². The lowest BCUT2D eigenvalue weighted by Gasteiger charge is -1.95. The Hall–Kier alpha value is -1.25. The monoisotopic (exact) mass is 155 g/mol. The molecule has 0 unspecified atom stereocenters. The quantitative estimate of drug-likeness (QED) is 0.373. The Labute approximate surface area is 66.5 Å². The highest BCUT2D eigenvalue weighted by atomic mass is 16.5. The van der Waals surface area contributed by atoms with Crippen molar-refractivity contribution in [3.05, 3.63) is 24.0 Å². The van der Waals surface area contributed by atoms with Gasteiger partial charge in [-0.2, -0.15) is 0 Å². The van der Waals surface area contributed by atoms with E-state index in [4.69, 9.17) is 10.5 Å². The fourth-order valence-corrected chi connectivity index (χ4v) is 0.425. The molecule has 0 saturated carbocycles. The summed E-state index contributed by atoms with van der Waals surface area (Å²) in [6.45, 7) is 3.89. The van der Waals surface area contributed by atoms with E-state index in [2.05, 4.69) is 0 Å². The highest BCUT2D eigenvalue weighted by molar-refractivity contribution is 5.91. The summed E-state index contributed by atoms with van der Waals surface area (Å²) < 4.78 is 4.94. The van der Waals surface area contributed by atoms with Gasteiger partial charge in [-0.3, -0.25) is 4.79 Å². The van der Waals surface area contributed by atoms with Gasteiger partial charge in [0.15, 0.2) is 0 Å². The number of rotatable bonds is 4. The Morgan fingerprint density at radius 1 is 1.64 bits per heavy atom. The van der Waals surface area contributed by atoms with Crippen molar-refractivity contribution in [3.8, 4) is 0 Å². The highest BCUT2D eigenvalue weighted by Gasteiger charge is 1.93. The molecule has 0 fully saturated rings. The minimum atomic E-state index is -0.408. The molecule has 0 saturated heterocycles. The van der Waals surface area contributed by atoms with Crippen LogP contribution in [0.1, 0.15) is 13.8 Å². The van der Waals surface area contributed by atoms with Crippen LogP contribution in [0, 0.1) is 0 Å². The van der Waals surface area contributed by atoms with Gasteiger partial charge in [-0.25, -0.2) is 0 Å². The fourth-order valence-electron chi connectivity index (χ4n) is 0.425. The molecule has 0 atom stereocenters. The first kappa shape index (κ1) is 9.75. The molecule has 0 bridgehead atoms. The molecule has 0 rings (SSSR count). The second kappa shape index (κ2) is 5.53. The Bertz CT molecular complexity index is 183. The summed E-state index contributed by atoms with van der Waals surface area (Å²) in [5.41, 5.74) is 5.49. The van der Waals surface area contributed by atoms with Gasteiger partial charge in [0.05, 0.1) is 6.26 Å². The second-order valence-electron chi connectivity index (χ2n) is 2.05. The van der Waals surface area contributed by atoms with Crippen LogP contribution in [-0.2, 0) is 9.53 Å². The molecule has 0 heterocycles. The van der Waals surface area contributed by atoms with E-state index >= 15 is 0 Å². The molecule has 0 aliphatic carbocycles. The van der Waals surface area contributed by atoms with Gasteiger partial charge in [0, 0.05) is 5.57 Å². The normalized spacial score (nSPS) is 12.0. The topological polar surface area (TPSA) is 52.3 Å². The van der Waals surface area contributed by atoms with Crippen molar-refractivity contribution in [2.24, 2.45) is 5.73 Å². The molecule has 3 heteroatoms. The second-order valence-corrected chi connectivity index (χ2v) is 2.05. The average molecular weight is 155 g/mol. The number of hydrogen-bond acceptors (Lipinski definition) is 2. The van der Waals surface area contributed by atoms with Crippen LogP contribution in [0.5, 0.6) is 0 Å². The van der Waals surface area contributed by atoms with Crippen LogP contribution in [0.3, 0.4) is 0 Å². The number of carbonyl (C=O) groups is 1. The van der Waals surface area contributed by atoms with E-state index in [9.17, 15) is 4.79 Å². The molecule has 0 spiro atoms. The van der Waals surface area contributed by atoms with Gasteiger partial charge in [0.25, 0.3) is 0 Å². The fraction of sp³-hybridized carbons (Fsp3) is 0.375. The average Bonchev–Trinajstić information content (AvgIpc) is 1.97. The zero-order valence-electron chi connectivity index (χ0n) is 6.83. The molecule has 0 radical (unpaired) electrons. The van der Waals surface area contributed by atoms with Crippen LogP contribution in [0.4, 0.5) is 0 Å². The first-order valence-corrected chi connectivity index (χ1v) is 3.37. The number of ether oxygens (including phenoxy) is 1. The molecular weight excluding hydrogens is 142 g/mol. The van der Waals surface area contributed by atoms with Crippen LogP contribution in [-0.4, -0.2) is 12.5 Å². The Kier molecular flexibility index (Phi) is 4.90. The van der Waals surface area contributed by atoms with Gasteiger partial charge >= 0.3 is 0 Å². The summed E-state index contributed by atoms with van der Waals surface area (Å²) in [5.74, 6) is -0.408. The van der Waals surface area contributed by atoms with Crippen molar-refractivity contribution >= 4 is 5.91 Å². The Balaban J connectivity index is 3.65. The lowest BCUT2D eigenvalue weighted by Crippen LogP contribution is -2.11. The van der Waals surface area contributed by atoms with Gasteiger partial charge in [-0.05, 0) is 19.9 Å². The lowest BCUT2D eigenvalue weighted by molar-refractivity contribution is -0.114. The van der Waals surface area contributed by atoms with Crippen LogP contribution in [0.25, 0.3) is 0 Å². The summed E-state index contributed by atoms with van der Waals surface area (Å²) >= 11 is 0. The summed E-state index contributed by atoms with van der Waals surface area (Å²) in [7, 11) is 0. The number of primary amides is 1. The first-order chi connectivity index (χ1) is 5.18. The number of hydrogen-bond donors (Lipinski definition) is 1. The molecule has 0 aromatic heterocycles. The largest absolute Gasteiger partial charge is 0.497 e. The zero-order valence-corrected chi connectivity index (χ0v) is 6.83. The van der Waals surface area contributed by atoms with E-state index in [1.807, 2.05) is 6.92 Å². The minimum Gasteiger partial charge on any atom is -0.497 e. The summed E-state index contributed by atoms with van der Waals surface area (Å²) in [6.07, 6.45) is 4.97. The van der Waals surface area contributed by atoms with Crippen LogP contribution in [0.2, 0.25) is 0 Å². The van der Waals surface area contributed by atoms with Crippen molar-refractivity contribution in [1.82, 2.24) is 0 Å². The van der Waals surface area contributed by atoms with Gasteiger partial charge in [0.2, 0.25) is 5.91 Å². The molecule has 0 aromatic carbocycles. The first-order valence-electron chi connectivity index (χ1n) is 3.37. The lowest BCUT2D eigenvalue weighted by atomic mass is 10.3. The van der Waals surface area contributed by atoms with E-state index in [1.54, 1.807) is 25.3 Å². The minimum absolute atomic E-state index is 0.388. The van der Waals surface area contributed by atoms with Gasteiger partial charge in [-0.15, -0.1) is 0 Å². The van der Waals surface area contributed by atoms with Gasteiger partial charge in [-0.1, -0.05) is 6.08 Å². The molecule has 62 valence electrons. The number of nitrogens with two attached hydrogens (primary N) is 1. The molecule has 0 aliphatic rings. The smallest absolute Gasteiger partial charge is 0.244 e. The van der Waals surface area contributed by atoms with Crippen LogP contribution < -0.4 is 5.73 Å². The van der Waals surface area contributed by atoms with E-state index in [-0.39, 0.29) is 0 Å². The van der Waals surface area contributed by atoms with E-state index in [1.165, 1.54) is 0 Å². The third-order valence-electron chi connectivity index (χ3n) is 1.11. The molecule has 0 aliphatic heterocycles. The molecule has 0 aromatic rings. The maximum atomic E-state index is 10.4. The SMILES string of the molecule is CC=COCC=C(C)C(N)=O. The Morgan fingerprint density at radius 3 is 2.73 bits per heavy atom. The molecule has 1 amide bonds. The number of allylic oxidation sites excluding steroid dienone is 1. The zero-order chi connectivity index (χ0) is 8.69. The van der Waals surface area contributed by atoms with Crippen molar-refractivity contribution < 1.29 is 9.53 Å². The maximum absolute atomic E-state index is 10.4. The summed E-state index contributed by atoms with van der Waals surface area (Å²) in [5, 5.41) is 0. The summed E-state index contributed by atoms with van der Waals surface area (Å²) in [6, 6.07) is 0. The number of amides is 1. The highest BCUT2D eigenvalue weighted by Crippen LogP contribution is 1.90. The third kappa shape index (κ3) is 5.21. The van der Waals surface area contributed by atoms with E-state index < -0.39 is 5.91 Å². The summed E-state index contributed by atoms with van der Waals surface area (Å²) in [4.78, 5) is 10.4. The molecular formula is C8H13NO2. The van der Waals surface area contributed by atoms with Crippen LogP contribution in [0.15, 0.2) is 24.0 Å². The standard InChI is InChI=1S/C8H13NO2/c1-3-5-11-6-4-7(2)8(9)10/h3-5H,6H2,1-2H3,(H2,9,10). The molecule has 2 N–H and O–H groups in total. The van der Waals surface area contributed by atoms with E-state index in [0.717, 1.165) is 0 Å². The molecule has 11 heavy (non-hydrogen) atoms. The van der Waals surface area contributed by atoms with Crippen LogP contribution >= 0.6 is 0 Å². The van der Waals surface area contributed by atoms with Crippen molar-refractivity contribution in [1.29, 1.82) is 0 Å². The third-order valence-corrected chi connectivity index (χ3v) is 1.11. The Morgan fingerprint density at radius 2 is 2.27 bits per heavy atom. The van der Waals surface area contributed by atoms with Gasteiger partial charge < -0.3 is 10.5 Å². The van der Waals surface area contributed by atoms with Crippen molar-refractivity contribution in [2.45, 2.75) is 13.8 Å². The van der Waals surface area contributed by atoms with Crippen molar-refractivity contribution in [3.63, 3.8) is 0 Å². The van der Waals surface area contributed by atoms with E-state index in [0.29, 0.717) is 12.2 Å². The molecule has 3 nitrogen and oxygen atoms in total. The number of carbonyl (C=O) groups excluding carboxylic acids is 1. The maximum Gasteiger partial charge on any atom is 0.244 e. The van der Waals surface area contributed by atoms with Crippen molar-refractivity contribution in [2.75, 3.05) is 6.61 Å². The predicted octanol–water partition coefficient (Wildman–Crippen LogP) is 0.968.